The number of Topliss-reactive ketones (excluding diaryl/α,β-unsaturated/α-hetero) is 1. The normalized spacial score (nSPS) is 11.4. The summed E-state index contributed by atoms with van der Waals surface area (Å²) in [4.78, 5) is 11.4. The Morgan fingerprint density at radius 1 is 1.47 bits per heavy atom. The molecule has 15 heavy (non-hydrogen) atoms. The fourth-order valence-corrected chi connectivity index (χ4v) is 1.40. The van der Waals surface area contributed by atoms with Crippen molar-refractivity contribution in [3.05, 3.63) is 48.6 Å². The smallest absolute Gasteiger partial charge is 0.138 e. The molecular formula is C13H13NO. The van der Waals surface area contributed by atoms with Crippen molar-refractivity contribution in [2.75, 3.05) is 0 Å². The lowest BCUT2D eigenvalue weighted by Gasteiger charge is -2.07. The molecule has 0 saturated heterocycles. The number of rotatable bonds is 5. The van der Waals surface area contributed by atoms with Crippen molar-refractivity contribution in [1.29, 1.82) is 5.26 Å². The van der Waals surface area contributed by atoms with Crippen molar-refractivity contribution in [2.24, 2.45) is 0 Å². The second kappa shape index (κ2) is 5.77. The molecular weight excluding hydrogens is 186 g/mol. The van der Waals surface area contributed by atoms with Gasteiger partial charge in [0.25, 0.3) is 0 Å². The molecule has 1 atom stereocenters. The summed E-state index contributed by atoms with van der Waals surface area (Å²) in [5.41, 5.74) is 0.900. The molecule has 0 aliphatic heterocycles. The fraction of sp³-hybridized carbons (Fsp3) is 0.231. The molecule has 0 heterocycles. The molecule has 0 radical (unpaired) electrons. The lowest BCUT2D eigenvalue weighted by molar-refractivity contribution is -0.118. The van der Waals surface area contributed by atoms with Crippen LogP contribution in [0, 0.1) is 11.3 Å². The Kier molecular flexibility index (Phi) is 4.30. The molecule has 0 fully saturated rings. The molecule has 0 aliphatic rings. The van der Waals surface area contributed by atoms with Gasteiger partial charge in [-0.1, -0.05) is 36.4 Å². The van der Waals surface area contributed by atoms with Crippen LogP contribution in [0.2, 0.25) is 0 Å². The van der Waals surface area contributed by atoms with Crippen LogP contribution in [-0.2, 0) is 4.79 Å². The lowest BCUT2D eigenvalue weighted by atomic mass is 9.94. The zero-order valence-electron chi connectivity index (χ0n) is 8.52. The zero-order chi connectivity index (χ0) is 11.1. The number of ketones is 1. The molecule has 0 aromatic heterocycles. The molecule has 0 amide bonds. The van der Waals surface area contributed by atoms with E-state index in [2.05, 4.69) is 12.6 Å². The van der Waals surface area contributed by atoms with Gasteiger partial charge in [-0.15, -0.1) is 6.58 Å². The van der Waals surface area contributed by atoms with Crippen LogP contribution in [0.1, 0.15) is 24.3 Å². The number of hydrogen-bond donors (Lipinski definition) is 0. The standard InChI is InChI=1S/C13H13NO/c1-2-6-13(15)9-12(10-14)11-7-4-3-5-8-11/h2-5,7-8,12H,1,6,9H2/t12-/m0/s1. The topological polar surface area (TPSA) is 40.9 Å². The van der Waals surface area contributed by atoms with E-state index >= 15 is 0 Å². The van der Waals surface area contributed by atoms with Gasteiger partial charge >= 0.3 is 0 Å². The minimum Gasteiger partial charge on any atom is -0.299 e. The van der Waals surface area contributed by atoms with Crippen LogP contribution < -0.4 is 0 Å². The summed E-state index contributed by atoms with van der Waals surface area (Å²) in [6.45, 7) is 3.50. The molecule has 0 N–H and O–H groups in total. The van der Waals surface area contributed by atoms with Crippen LogP contribution >= 0.6 is 0 Å². The molecule has 0 saturated carbocycles. The van der Waals surface area contributed by atoms with E-state index in [1.54, 1.807) is 6.08 Å². The first-order valence-corrected chi connectivity index (χ1v) is 4.85. The number of carbonyl (C=O) groups is 1. The van der Waals surface area contributed by atoms with Gasteiger partial charge < -0.3 is 0 Å². The van der Waals surface area contributed by atoms with Gasteiger partial charge in [0, 0.05) is 12.8 Å². The number of allylic oxidation sites excluding steroid dienone is 1. The number of nitrogens with zero attached hydrogens (tertiary/aromatic N) is 1. The molecule has 0 aliphatic carbocycles. The predicted molar refractivity (Wildman–Crippen MR) is 59.2 cm³/mol. The summed E-state index contributed by atoms with van der Waals surface area (Å²) >= 11 is 0. The summed E-state index contributed by atoms with van der Waals surface area (Å²) in [6.07, 6.45) is 2.18. The van der Waals surface area contributed by atoms with Crippen LogP contribution in [-0.4, -0.2) is 5.78 Å². The Morgan fingerprint density at radius 2 is 2.13 bits per heavy atom. The first kappa shape index (κ1) is 11.2. The van der Waals surface area contributed by atoms with Gasteiger partial charge in [0.05, 0.1) is 12.0 Å². The maximum Gasteiger partial charge on any atom is 0.138 e. The fourth-order valence-electron chi connectivity index (χ4n) is 1.40. The van der Waals surface area contributed by atoms with E-state index in [0.717, 1.165) is 5.56 Å². The van der Waals surface area contributed by atoms with Crippen molar-refractivity contribution >= 4 is 5.78 Å². The predicted octanol–water partition coefficient (Wildman–Crippen LogP) is 2.83. The molecule has 0 unspecified atom stereocenters. The molecule has 2 heteroatoms. The summed E-state index contributed by atoms with van der Waals surface area (Å²) in [5, 5.41) is 8.97. The van der Waals surface area contributed by atoms with E-state index in [0.29, 0.717) is 6.42 Å². The maximum atomic E-state index is 11.4. The molecule has 76 valence electrons. The quantitative estimate of drug-likeness (QED) is 0.684. The molecule has 2 nitrogen and oxygen atoms in total. The van der Waals surface area contributed by atoms with Crippen LogP contribution in [0.5, 0.6) is 0 Å². The Hall–Kier alpha value is -1.88. The van der Waals surface area contributed by atoms with Crippen molar-refractivity contribution in [3.63, 3.8) is 0 Å². The van der Waals surface area contributed by atoms with Crippen molar-refractivity contribution in [2.45, 2.75) is 18.8 Å². The Morgan fingerprint density at radius 3 is 2.67 bits per heavy atom. The van der Waals surface area contributed by atoms with E-state index in [4.69, 9.17) is 5.26 Å². The molecule has 1 aromatic carbocycles. The highest BCUT2D eigenvalue weighted by atomic mass is 16.1. The van der Waals surface area contributed by atoms with Crippen LogP contribution in [0.3, 0.4) is 0 Å². The van der Waals surface area contributed by atoms with E-state index in [1.165, 1.54) is 0 Å². The maximum absolute atomic E-state index is 11.4. The third-order valence-corrected chi connectivity index (χ3v) is 2.16. The Bertz CT molecular complexity index is 375. The van der Waals surface area contributed by atoms with Crippen molar-refractivity contribution in [3.8, 4) is 6.07 Å². The van der Waals surface area contributed by atoms with E-state index in [1.807, 2.05) is 30.3 Å². The largest absolute Gasteiger partial charge is 0.299 e. The second-order valence-corrected chi connectivity index (χ2v) is 3.33. The van der Waals surface area contributed by atoms with Crippen molar-refractivity contribution in [1.82, 2.24) is 0 Å². The number of hydrogen-bond acceptors (Lipinski definition) is 2. The third kappa shape index (κ3) is 3.40. The molecule has 1 rings (SSSR count). The summed E-state index contributed by atoms with van der Waals surface area (Å²) in [7, 11) is 0. The Labute approximate surface area is 89.9 Å². The van der Waals surface area contributed by atoms with Crippen LogP contribution in [0.4, 0.5) is 0 Å². The average molecular weight is 199 g/mol. The van der Waals surface area contributed by atoms with Gasteiger partial charge in [-0.05, 0) is 5.56 Å². The summed E-state index contributed by atoms with van der Waals surface area (Å²) < 4.78 is 0. The second-order valence-electron chi connectivity index (χ2n) is 3.33. The summed E-state index contributed by atoms with van der Waals surface area (Å²) in [5.74, 6) is -0.279. The van der Waals surface area contributed by atoms with Gasteiger partial charge in [-0.2, -0.15) is 5.26 Å². The minimum absolute atomic E-state index is 0.0559. The zero-order valence-corrected chi connectivity index (χ0v) is 8.52. The first-order valence-electron chi connectivity index (χ1n) is 4.85. The van der Waals surface area contributed by atoms with Gasteiger partial charge in [-0.25, -0.2) is 0 Å². The van der Waals surface area contributed by atoms with E-state index < -0.39 is 0 Å². The molecule has 0 spiro atoms. The molecule has 1 aromatic rings. The summed E-state index contributed by atoms with van der Waals surface area (Å²) in [6, 6.07) is 11.5. The SMILES string of the molecule is C=CCC(=O)C[C@@H](C#N)c1ccccc1. The lowest BCUT2D eigenvalue weighted by Crippen LogP contribution is -2.04. The van der Waals surface area contributed by atoms with Gasteiger partial charge in [0.1, 0.15) is 5.78 Å². The van der Waals surface area contributed by atoms with Gasteiger partial charge in [0.2, 0.25) is 0 Å². The monoisotopic (exact) mass is 199 g/mol. The van der Waals surface area contributed by atoms with Crippen LogP contribution in [0.15, 0.2) is 43.0 Å². The van der Waals surface area contributed by atoms with Crippen molar-refractivity contribution < 1.29 is 4.79 Å². The number of carbonyl (C=O) groups excluding carboxylic acids is 1. The first-order chi connectivity index (χ1) is 7.27. The average Bonchev–Trinajstić information content (AvgIpc) is 2.27. The van der Waals surface area contributed by atoms with Gasteiger partial charge in [0.15, 0.2) is 0 Å². The highest BCUT2D eigenvalue weighted by molar-refractivity contribution is 5.81. The van der Waals surface area contributed by atoms with Gasteiger partial charge in [-0.3, -0.25) is 4.79 Å². The number of benzene rings is 1. The highest BCUT2D eigenvalue weighted by Crippen LogP contribution is 2.19. The highest BCUT2D eigenvalue weighted by Gasteiger charge is 2.13. The third-order valence-electron chi connectivity index (χ3n) is 2.16. The minimum atomic E-state index is -0.335. The van der Waals surface area contributed by atoms with E-state index in [9.17, 15) is 4.79 Å². The number of nitriles is 1. The Balaban J connectivity index is 2.70. The van der Waals surface area contributed by atoms with Crippen LogP contribution in [0.25, 0.3) is 0 Å². The van der Waals surface area contributed by atoms with E-state index in [-0.39, 0.29) is 18.1 Å². The molecule has 0 bridgehead atoms.